The largest absolute Gasteiger partial charge is 0.451 e. The first-order valence-corrected chi connectivity index (χ1v) is 9.86. The predicted octanol–water partition coefficient (Wildman–Crippen LogP) is 7.42. The average molecular weight is 458 g/mol. The van der Waals surface area contributed by atoms with Gasteiger partial charge in [0.2, 0.25) is 0 Å². The second-order valence-electron chi connectivity index (χ2n) is 5.47. The Morgan fingerprint density at radius 3 is 2.52 bits per heavy atom. The number of amides is 1. The Balaban J connectivity index is 1.58. The molecule has 0 saturated heterocycles. The van der Waals surface area contributed by atoms with Gasteiger partial charge in [0, 0.05) is 5.56 Å². The van der Waals surface area contributed by atoms with Crippen LogP contribution in [0.5, 0.6) is 0 Å². The fourth-order valence-corrected chi connectivity index (χ4v) is 4.00. The summed E-state index contributed by atoms with van der Waals surface area (Å²) in [5, 5.41) is 4.71. The third-order valence-corrected chi connectivity index (χ3v) is 6.18. The number of hydrogen-bond acceptors (Lipinski definition) is 4. The number of halogens is 4. The van der Waals surface area contributed by atoms with Gasteiger partial charge in [-0.05, 0) is 42.5 Å². The quantitative estimate of drug-likeness (QED) is 0.348. The molecule has 0 radical (unpaired) electrons. The summed E-state index contributed by atoms with van der Waals surface area (Å²) in [7, 11) is 0. The summed E-state index contributed by atoms with van der Waals surface area (Å²) in [5.41, 5.74) is 1.25. The molecule has 4 rings (SSSR count). The molecule has 1 amide bonds. The highest BCUT2D eigenvalue weighted by Crippen LogP contribution is 2.35. The SMILES string of the molecule is O=C(Nc1nc2c(Cl)c(Cl)ccc2s1)c1ccc(-c2ccc(Cl)c(Cl)c2)o1. The fraction of sp³-hybridized carbons (Fsp3) is 0. The van der Waals surface area contributed by atoms with E-state index in [1.807, 2.05) is 0 Å². The molecule has 2 heterocycles. The molecule has 0 aliphatic rings. The molecular weight excluding hydrogens is 450 g/mol. The number of carbonyl (C=O) groups is 1. The third-order valence-electron chi connectivity index (χ3n) is 3.71. The van der Waals surface area contributed by atoms with E-state index in [1.54, 1.807) is 42.5 Å². The molecule has 1 N–H and O–H groups in total. The molecule has 0 aliphatic carbocycles. The van der Waals surface area contributed by atoms with Gasteiger partial charge in [-0.1, -0.05) is 57.7 Å². The normalized spacial score (nSPS) is 11.1. The van der Waals surface area contributed by atoms with Crippen LogP contribution in [-0.4, -0.2) is 10.9 Å². The van der Waals surface area contributed by atoms with Crippen LogP contribution in [-0.2, 0) is 0 Å². The standard InChI is InChI=1S/C18H8Cl4N2O2S/c19-9-2-1-8(7-11(9)21)12-4-5-13(26-12)17(25)24-18-23-16-14(27-18)6-3-10(20)15(16)22/h1-7H,(H,23,24,25). The molecule has 4 nitrogen and oxygen atoms in total. The van der Waals surface area contributed by atoms with Gasteiger partial charge in [0.15, 0.2) is 10.9 Å². The van der Waals surface area contributed by atoms with E-state index < -0.39 is 5.91 Å². The molecule has 9 heteroatoms. The zero-order valence-corrected chi connectivity index (χ0v) is 17.1. The minimum absolute atomic E-state index is 0.138. The Hall–Kier alpha value is -1.76. The van der Waals surface area contributed by atoms with E-state index in [-0.39, 0.29) is 5.76 Å². The van der Waals surface area contributed by atoms with E-state index in [9.17, 15) is 4.79 Å². The molecular formula is C18H8Cl4N2O2S. The maximum Gasteiger partial charge on any atom is 0.293 e. The molecule has 0 unspecified atom stereocenters. The Bertz CT molecular complexity index is 1190. The van der Waals surface area contributed by atoms with Gasteiger partial charge in [0.1, 0.15) is 11.3 Å². The highest BCUT2D eigenvalue weighted by molar-refractivity contribution is 7.22. The molecule has 4 aromatic rings. The van der Waals surface area contributed by atoms with Crippen molar-refractivity contribution < 1.29 is 9.21 Å². The van der Waals surface area contributed by atoms with Crippen LogP contribution in [0.3, 0.4) is 0 Å². The molecule has 0 saturated carbocycles. The summed E-state index contributed by atoms with van der Waals surface area (Å²) in [6.07, 6.45) is 0. The summed E-state index contributed by atoms with van der Waals surface area (Å²) in [5.74, 6) is 0.208. The predicted molar refractivity (Wildman–Crippen MR) is 112 cm³/mol. The smallest absolute Gasteiger partial charge is 0.293 e. The molecule has 2 aromatic carbocycles. The van der Waals surface area contributed by atoms with Crippen molar-refractivity contribution >= 4 is 79.0 Å². The average Bonchev–Trinajstić information content (AvgIpc) is 3.28. The molecule has 0 atom stereocenters. The van der Waals surface area contributed by atoms with Gasteiger partial charge < -0.3 is 4.42 Å². The number of thiazole rings is 1. The van der Waals surface area contributed by atoms with Gasteiger partial charge >= 0.3 is 0 Å². The summed E-state index contributed by atoms with van der Waals surface area (Å²) in [6.45, 7) is 0. The molecule has 136 valence electrons. The van der Waals surface area contributed by atoms with Crippen LogP contribution in [0.15, 0.2) is 46.9 Å². The van der Waals surface area contributed by atoms with Crippen molar-refractivity contribution in [1.29, 1.82) is 0 Å². The second kappa shape index (κ2) is 7.34. The van der Waals surface area contributed by atoms with E-state index in [0.29, 0.717) is 42.1 Å². The molecule has 0 spiro atoms. The van der Waals surface area contributed by atoms with Gasteiger partial charge in [-0.3, -0.25) is 10.1 Å². The van der Waals surface area contributed by atoms with Crippen LogP contribution >= 0.6 is 57.7 Å². The van der Waals surface area contributed by atoms with Crippen molar-refractivity contribution in [2.45, 2.75) is 0 Å². The first-order chi connectivity index (χ1) is 12.9. The monoisotopic (exact) mass is 456 g/mol. The second-order valence-corrected chi connectivity index (χ2v) is 8.10. The number of fused-ring (bicyclic) bond motifs is 1. The fourth-order valence-electron chi connectivity index (χ4n) is 2.41. The molecule has 2 aromatic heterocycles. The first kappa shape index (κ1) is 18.6. The van der Waals surface area contributed by atoms with E-state index in [0.717, 1.165) is 4.70 Å². The van der Waals surface area contributed by atoms with Crippen LogP contribution in [0, 0.1) is 0 Å². The number of furan rings is 1. The van der Waals surface area contributed by atoms with Crippen LogP contribution in [0.25, 0.3) is 21.5 Å². The van der Waals surface area contributed by atoms with Crippen LogP contribution in [0.1, 0.15) is 10.6 Å². The zero-order valence-electron chi connectivity index (χ0n) is 13.2. The lowest BCUT2D eigenvalue weighted by Gasteiger charge is -2.00. The zero-order chi connectivity index (χ0) is 19.1. The van der Waals surface area contributed by atoms with Gasteiger partial charge in [0.05, 0.1) is 24.8 Å². The van der Waals surface area contributed by atoms with Gasteiger partial charge in [-0.15, -0.1) is 0 Å². The van der Waals surface area contributed by atoms with Gasteiger partial charge in [0.25, 0.3) is 5.91 Å². The Kier molecular flexibility index (Phi) is 5.05. The lowest BCUT2D eigenvalue weighted by molar-refractivity contribution is 0.0997. The Labute approximate surface area is 177 Å². The van der Waals surface area contributed by atoms with Gasteiger partial charge in [-0.2, -0.15) is 0 Å². The maximum absolute atomic E-state index is 12.5. The topological polar surface area (TPSA) is 55.1 Å². The number of nitrogens with one attached hydrogen (secondary N) is 1. The number of carbonyl (C=O) groups excluding carboxylic acids is 1. The van der Waals surface area contributed by atoms with E-state index in [1.165, 1.54) is 11.3 Å². The summed E-state index contributed by atoms with van der Waals surface area (Å²) >= 11 is 25.4. The third kappa shape index (κ3) is 3.66. The number of nitrogens with zero attached hydrogens (tertiary/aromatic N) is 1. The van der Waals surface area contributed by atoms with Crippen molar-refractivity contribution in [2.24, 2.45) is 0 Å². The summed E-state index contributed by atoms with van der Waals surface area (Å²) in [6, 6.07) is 11.8. The minimum atomic E-state index is -0.428. The molecule has 0 aliphatic heterocycles. The van der Waals surface area contributed by atoms with Crippen molar-refractivity contribution in [1.82, 2.24) is 4.98 Å². The maximum atomic E-state index is 12.5. The first-order valence-electron chi connectivity index (χ1n) is 7.53. The number of hydrogen-bond donors (Lipinski definition) is 1. The highest BCUT2D eigenvalue weighted by Gasteiger charge is 2.16. The van der Waals surface area contributed by atoms with Crippen molar-refractivity contribution in [3.8, 4) is 11.3 Å². The van der Waals surface area contributed by atoms with E-state index in [2.05, 4.69) is 10.3 Å². The number of benzene rings is 2. The summed E-state index contributed by atoms with van der Waals surface area (Å²) in [4.78, 5) is 16.8. The van der Waals surface area contributed by atoms with Crippen LogP contribution < -0.4 is 5.32 Å². The number of aromatic nitrogens is 1. The Morgan fingerprint density at radius 1 is 0.963 bits per heavy atom. The minimum Gasteiger partial charge on any atom is -0.451 e. The van der Waals surface area contributed by atoms with E-state index >= 15 is 0 Å². The summed E-state index contributed by atoms with van der Waals surface area (Å²) < 4.78 is 6.45. The molecule has 27 heavy (non-hydrogen) atoms. The number of rotatable bonds is 3. The van der Waals surface area contributed by atoms with Crippen molar-refractivity contribution in [3.63, 3.8) is 0 Å². The number of anilines is 1. The highest BCUT2D eigenvalue weighted by atomic mass is 35.5. The van der Waals surface area contributed by atoms with Crippen LogP contribution in [0.4, 0.5) is 5.13 Å². The van der Waals surface area contributed by atoms with Crippen molar-refractivity contribution in [3.05, 3.63) is 68.3 Å². The van der Waals surface area contributed by atoms with Crippen molar-refractivity contribution in [2.75, 3.05) is 5.32 Å². The lowest BCUT2D eigenvalue weighted by atomic mass is 10.2. The van der Waals surface area contributed by atoms with Gasteiger partial charge in [-0.25, -0.2) is 4.98 Å². The molecule has 0 bridgehead atoms. The van der Waals surface area contributed by atoms with Crippen LogP contribution in [0.2, 0.25) is 20.1 Å². The van der Waals surface area contributed by atoms with E-state index in [4.69, 9.17) is 50.8 Å². The molecule has 0 fully saturated rings. The Morgan fingerprint density at radius 2 is 1.74 bits per heavy atom. The lowest BCUT2D eigenvalue weighted by Crippen LogP contribution is -2.10.